The molecule has 8 nitrogen and oxygen atoms in total. The van der Waals surface area contributed by atoms with Gasteiger partial charge in [0, 0.05) is 0 Å². The molecule has 0 saturated heterocycles. The van der Waals surface area contributed by atoms with Crippen molar-refractivity contribution in [2.24, 2.45) is 0 Å². The normalized spacial score (nSPS) is 11.0. The van der Waals surface area contributed by atoms with E-state index in [1.807, 2.05) is 48.5 Å². The van der Waals surface area contributed by atoms with Gasteiger partial charge in [0.1, 0.15) is 16.2 Å². The molecule has 0 spiro atoms. The van der Waals surface area contributed by atoms with Crippen molar-refractivity contribution in [2.45, 2.75) is 11.7 Å². The number of carbonyl (C=O) groups is 1. The van der Waals surface area contributed by atoms with Crippen LogP contribution in [0.5, 0.6) is 5.75 Å². The number of hydrogen-bond acceptors (Lipinski definition) is 8. The van der Waals surface area contributed by atoms with Gasteiger partial charge in [-0.1, -0.05) is 53.4 Å². The Bertz CT molecular complexity index is 1640. The number of rotatable bonds is 8. The van der Waals surface area contributed by atoms with Crippen molar-refractivity contribution in [1.29, 1.82) is 0 Å². The highest BCUT2D eigenvalue weighted by Gasteiger charge is 2.20. The van der Waals surface area contributed by atoms with Crippen LogP contribution in [0, 0.1) is 3.95 Å². The van der Waals surface area contributed by atoms with Crippen molar-refractivity contribution in [3.05, 3.63) is 93.1 Å². The largest absolute Gasteiger partial charge is 0.495 e. The van der Waals surface area contributed by atoms with Crippen LogP contribution < -0.4 is 15.6 Å². The molecule has 36 heavy (non-hydrogen) atoms. The van der Waals surface area contributed by atoms with Crippen molar-refractivity contribution < 1.29 is 13.9 Å². The molecular weight excluding hydrogens is 517 g/mol. The summed E-state index contributed by atoms with van der Waals surface area (Å²) in [7, 11) is 1.55. The zero-order chi connectivity index (χ0) is 25.1. The number of anilines is 1. The van der Waals surface area contributed by atoms with Crippen LogP contribution in [0.15, 0.2) is 87.4 Å². The highest BCUT2D eigenvalue weighted by Crippen LogP contribution is 2.27. The summed E-state index contributed by atoms with van der Waals surface area (Å²) in [5.41, 5.74) is 1.44. The van der Waals surface area contributed by atoms with E-state index in [1.54, 1.807) is 36.1 Å². The van der Waals surface area contributed by atoms with Crippen LogP contribution in [0.3, 0.4) is 0 Å². The Balaban J connectivity index is 1.53. The fourth-order valence-electron chi connectivity index (χ4n) is 3.64. The van der Waals surface area contributed by atoms with Crippen LogP contribution in [0.1, 0.15) is 5.76 Å². The van der Waals surface area contributed by atoms with Gasteiger partial charge in [0.15, 0.2) is 14.8 Å². The number of thiazole rings is 1. The molecule has 1 amide bonds. The van der Waals surface area contributed by atoms with Gasteiger partial charge in [-0.05, 0) is 48.6 Å². The quantitative estimate of drug-likeness (QED) is 0.162. The minimum atomic E-state index is -0.254. The first-order chi connectivity index (χ1) is 17.5. The first kappa shape index (κ1) is 24.0. The minimum absolute atomic E-state index is 0.0336. The van der Waals surface area contributed by atoms with Crippen LogP contribution in [0.4, 0.5) is 5.69 Å². The highest BCUT2D eigenvalue weighted by atomic mass is 32.2. The van der Waals surface area contributed by atoms with E-state index < -0.39 is 0 Å². The average Bonchev–Trinajstić information content (AvgIpc) is 3.52. The first-order valence-electron chi connectivity index (χ1n) is 10.8. The third-order valence-corrected chi connectivity index (χ3v) is 7.65. The van der Waals surface area contributed by atoms with Gasteiger partial charge in [-0.15, -0.1) is 0 Å². The molecule has 0 atom stereocenters. The Morgan fingerprint density at radius 2 is 1.92 bits per heavy atom. The topological polar surface area (TPSA) is 91.3 Å². The van der Waals surface area contributed by atoms with Gasteiger partial charge in [0.05, 0.1) is 37.0 Å². The Hall–Kier alpha value is -3.67. The molecule has 5 rings (SSSR count). The molecule has 0 radical (unpaired) electrons. The van der Waals surface area contributed by atoms with E-state index >= 15 is 0 Å². The summed E-state index contributed by atoms with van der Waals surface area (Å²) < 4.78 is 15.0. The van der Waals surface area contributed by atoms with Crippen LogP contribution in [0.2, 0.25) is 0 Å². The van der Waals surface area contributed by atoms with E-state index in [9.17, 15) is 9.59 Å². The van der Waals surface area contributed by atoms with Crippen LogP contribution in [-0.2, 0) is 11.3 Å². The maximum atomic E-state index is 13.7. The Labute approximate surface area is 219 Å². The monoisotopic (exact) mass is 536 g/mol. The third-order valence-electron chi connectivity index (χ3n) is 5.28. The molecule has 0 unspecified atom stereocenters. The Kier molecular flexibility index (Phi) is 7.03. The molecule has 2 aromatic carbocycles. The fourth-order valence-corrected chi connectivity index (χ4v) is 5.70. The third kappa shape index (κ3) is 4.85. The maximum Gasteiger partial charge on any atom is 0.278 e. The second-order valence-electron chi connectivity index (χ2n) is 7.59. The number of hydrogen-bond donors (Lipinski definition) is 1. The van der Waals surface area contributed by atoms with Crippen molar-refractivity contribution in [3.8, 4) is 11.4 Å². The molecule has 0 aliphatic rings. The summed E-state index contributed by atoms with van der Waals surface area (Å²) in [4.78, 5) is 31.3. The standard InChI is InChI=1S/C25H20N4O4S3/c1-32-19-12-6-5-11-18(19)26-20(30)15-35-24-27-22-21(23(31)29(24)16-8-3-2-4-9-16)36-25(34)28(22)14-17-10-7-13-33-17/h2-13H,14-15H2,1H3,(H,26,30). The molecule has 3 heterocycles. The number of furan rings is 1. The zero-order valence-corrected chi connectivity index (χ0v) is 21.5. The van der Waals surface area contributed by atoms with E-state index in [0.29, 0.717) is 48.9 Å². The molecule has 0 bridgehead atoms. The second kappa shape index (κ2) is 10.5. The summed E-state index contributed by atoms with van der Waals surface area (Å²) in [6, 6.07) is 20.0. The van der Waals surface area contributed by atoms with Gasteiger partial charge in [-0.3, -0.25) is 18.7 Å². The van der Waals surface area contributed by atoms with Crippen molar-refractivity contribution in [1.82, 2.24) is 14.1 Å². The van der Waals surface area contributed by atoms with Gasteiger partial charge >= 0.3 is 0 Å². The van der Waals surface area contributed by atoms with Crippen LogP contribution in [-0.4, -0.2) is 32.9 Å². The summed E-state index contributed by atoms with van der Waals surface area (Å²) >= 11 is 7.94. The van der Waals surface area contributed by atoms with Gasteiger partial charge in [0.25, 0.3) is 5.56 Å². The number of nitrogens with zero attached hydrogens (tertiary/aromatic N) is 3. The molecule has 5 aromatic rings. The number of ether oxygens (including phenoxy) is 1. The lowest BCUT2D eigenvalue weighted by molar-refractivity contribution is -0.113. The second-order valence-corrected chi connectivity index (χ2v) is 10.2. The van der Waals surface area contributed by atoms with E-state index in [2.05, 4.69) is 5.32 Å². The SMILES string of the molecule is COc1ccccc1NC(=O)CSc1nc2c(sc(=S)n2Cc2ccco2)c(=O)n1-c1ccccc1. The van der Waals surface area contributed by atoms with Crippen LogP contribution in [0.25, 0.3) is 16.0 Å². The zero-order valence-electron chi connectivity index (χ0n) is 19.0. The lowest BCUT2D eigenvalue weighted by Crippen LogP contribution is -2.23. The highest BCUT2D eigenvalue weighted by molar-refractivity contribution is 7.99. The number of aromatic nitrogens is 3. The lowest BCUT2D eigenvalue weighted by atomic mass is 10.3. The number of para-hydroxylation sites is 3. The van der Waals surface area contributed by atoms with Gasteiger partial charge in [0.2, 0.25) is 5.91 Å². The van der Waals surface area contributed by atoms with Crippen LogP contribution >= 0.6 is 35.3 Å². The van der Waals surface area contributed by atoms with Crippen molar-refractivity contribution in [3.63, 3.8) is 0 Å². The number of fused-ring (bicyclic) bond motifs is 1. The van der Waals surface area contributed by atoms with Crippen molar-refractivity contribution >= 4 is 57.3 Å². The number of amides is 1. The number of benzene rings is 2. The van der Waals surface area contributed by atoms with E-state index in [1.165, 1.54) is 27.7 Å². The summed E-state index contributed by atoms with van der Waals surface area (Å²) in [5.74, 6) is 1.04. The molecule has 1 N–H and O–H groups in total. The smallest absolute Gasteiger partial charge is 0.278 e. The predicted octanol–water partition coefficient (Wildman–Crippen LogP) is 5.36. The molecule has 182 valence electrons. The number of nitrogens with one attached hydrogen (secondary N) is 1. The molecule has 0 fully saturated rings. The minimum Gasteiger partial charge on any atom is -0.495 e. The maximum absolute atomic E-state index is 13.7. The van der Waals surface area contributed by atoms with E-state index in [4.69, 9.17) is 26.4 Å². The van der Waals surface area contributed by atoms with Crippen molar-refractivity contribution in [2.75, 3.05) is 18.2 Å². The Morgan fingerprint density at radius 1 is 1.14 bits per heavy atom. The molecule has 0 aliphatic heterocycles. The summed E-state index contributed by atoms with van der Waals surface area (Å²) in [5, 5.41) is 3.24. The molecule has 0 saturated carbocycles. The number of thioether (sulfide) groups is 1. The fraction of sp³-hybridized carbons (Fsp3) is 0.120. The van der Waals surface area contributed by atoms with Gasteiger partial charge in [-0.2, -0.15) is 0 Å². The molecule has 0 aliphatic carbocycles. The first-order valence-corrected chi connectivity index (χ1v) is 13.1. The molecule has 3 aromatic heterocycles. The number of methoxy groups -OCH3 is 1. The molecular formula is C25H20N4O4S3. The van der Waals surface area contributed by atoms with Gasteiger partial charge < -0.3 is 14.5 Å². The Morgan fingerprint density at radius 3 is 2.67 bits per heavy atom. The summed E-state index contributed by atoms with van der Waals surface area (Å²) in [6.07, 6.45) is 1.59. The molecule has 11 heteroatoms. The van der Waals surface area contributed by atoms with Gasteiger partial charge in [-0.25, -0.2) is 4.98 Å². The lowest BCUT2D eigenvalue weighted by Gasteiger charge is -2.13. The number of carbonyl (C=O) groups excluding carboxylic acids is 1. The average molecular weight is 537 g/mol. The summed E-state index contributed by atoms with van der Waals surface area (Å²) in [6.45, 7) is 0.353. The van der Waals surface area contributed by atoms with E-state index in [0.717, 1.165) is 0 Å². The van der Waals surface area contributed by atoms with E-state index in [-0.39, 0.29) is 17.2 Å². The predicted molar refractivity (Wildman–Crippen MR) is 144 cm³/mol.